The van der Waals surface area contributed by atoms with Crippen LogP contribution in [0.1, 0.15) is 15.9 Å². The third-order valence-corrected chi connectivity index (χ3v) is 2.99. The van der Waals surface area contributed by atoms with Gasteiger partial charge in [-0.3, -0.25) is 4.79 Å². The molecule has 0 saturated carbocycles. The third-order valence-electron chi connectivity index (χ3n) is 2.76. The van der Waals surface area contributed by atoms with Gasteiger partial charge in [0, 0.05) is 16.1 Å². The van der Waals surface area contributed by atoms with Crippen LogP contribution in [-0.2, 0) is 0 Å². The first-order valence-corrected chi connectivity index (χ1v) is 6.33. The lowest BCUT2D eigenvalue weighted by atomic mass is 10.1. The molecule has 20 heavy (non-hydrogen) atoms. The molecule has 0 atom stereocenters. The summed E-state index contributed by atoms with van der Waals surface area (Å²) in [5.74, 6) is 0.516. The molecule has 0 aliphatic heterocycles. The summed E-state index contributed by atoms with van der Waals surface area (Å²) in [6.07, 6.45) is 2.92. The number of hydrogen-bond acceptors (Lipinski definition) is 3. The van der Waals surface area contributed by atoms with Gasteiger partial charge >= 0.3 is 0 Å². The van der Waals surface area contributed by atoms with Crippen LogP contribution in [-0.4, -0.2) is 18.0 Å². The molecular weight excluding hydrogens is 276 g/mol. The summed E-state index contributed by atoms with van der Waals surface area (Å²) in [6.45, 7) is 0. The van der Waals surface area contributed by atoms with Crippen molar-refractivity contribution >= 4 is 23.5 Å². The van der Waals surface area contributed by atoms with E-state index in [2.05, 4.69) is 0 Å². The lowest BCUT2D eigenvalue weighted by molar-refractivity contribution is 0.104. The van der Waals surface area contributed by atoms with Gasteiger partial charge in [-0.25, -0.2) is 0 Å². The third kappa shape index (κ3) is 3.39. The van der Waals surface area contributed by atoms with Crippen LogP contribution < -0.4 is 4.74 Å². The second kappa shape index (κ2) is 6.26. The molecule has 0 saturated heterocycles. The molecule has 0 aromatic heterocycles. The number of phenolic OH excluding ortho intramolecular Hbond substituents is 1. The predicted octanol–water partition coefficient (Wildman–Crippen LogP) is 3.95. The van der Waals surface area contributed by atoms with Crippen molar-refractivity contribution in [1.29, 1.82) is 0 Å². The Bertz CT molecular complexity index is 663. The highest BCUT2D eigenvalue weighted by atomic mass is 35.5. The average Bonchev–Trinajstić information content (AvgIpc) is 2.48. The largest absolute Gasteiger partial charge is 0.507 e. The van der Waals surface area contributed by atoms with Gasteiger partial charge in [0.05, 0.1) is 7.11 Å². The Kier molecular flexibility index (Phi) is 4.43. The molecule has 0 bridgehead atoms. The van der Waals surface area contributed by atoms with Crippen molar-refractivity contribution < 1.29 is 14.6 Å². The first-order valence-electron chi connectivity index (χ1n) is 5.95. The molecule has 102 valence electrons. The van der Waals surface area contributed by atoms with Gasteiger partial charge in [0.2, 0.25) is 0 Å². The van der Waals surface area contributed by atoms with Crippen LogP contribution in [0.3, 0.4) is 0 Å². The van der Waals surface area contributed by atoms with E-state index in [4.69, 9.17) is 16.3 Å². The normalized spacial score (nSPS) is 10.7. The zero-order valence-electron chi connectivity index (χ0n) is 10.8. The fraction of sp³-hybridized carbons (Fsp3) is 0.0625. The van der Waals surface area contributed by atoms with E-state index >= 15 is 0 Å². The van der Waals surface area contributed by atoms with Crippen molar-refractivity contribution in [2.75, 3.05) is 7.11 Å². The number of aromatic hydroxyl groups is 1. The fourth-order valence-corrected chi connectivity index (χ4v) is 1.88. The summed E-state index contributed by atoms with van der Waals surface area (Å²) in [5.41, 5.74) is 1.01. The standard InChI is InChI=1S/C16H13ClO3/c1-20-14-4-2-3-11(10-14)15(18)7-5-12-9-13(17)6-8-16(12)19/h2-10,19H,1H3/b7-5+. The summed E-state index contributed by atoms with van der Waals surface area (Å²) >= 11 is 5.84. The molecule has 0 amide bonds. The summed E-state index contributed by atoms with van der Waals surface area (Å²) in [6, 6.07) is 11.5. The molecule has 2 rings (SSSR count). The molecule has 3 nitrogen and oxygen atoms in total. The smallest absolute Gasteiger partial charge is 0.185 e. The average molecular weight is 289 g/mol. The van der Waals surface area contributed by atoms with Crippen LogP contribution >= 0.6 is 11.6 Å². The van der Waals surface area contributed by atoms with Gasteiger partial charge in [0.15, 0.2) is 5.78 Å². The van der Waals surface area contributed by atoms with Gasteiger partial charge in [0.1, 0.15) is 11.5 Å². The van der Waals surface area contributed by atoms with Crippen LogP contribution in [0.25, 0.3) is 6.08 Å². The van der Waals surface area contributed by atoms with Gasteiger partial charge in [-0.15, -0.1) is 0 Å². The number of ketones is 1. The van der Waals surface area contributed by atoms with E-state index in [0.717, 1.165) is 0 Å². The number of ether oxygens (including phenoxy) is 1. The zero-order chi connectivity index (χ0) is 14.5. The summed E-state index contributed by atoms with van der Waals surface area (Å²) in [4.78, 5) is 12.0. The molecule has 0 spiro atoms. The SMILES string of the molecule is COc1cccc(C(=O)/C=C/c2cc(Cl)ccc2O)c1. The molecule has 4 heteroatoms. The molecule has 2 aromatic rings. The monoisotopic (exact) mass is 288 g/mol. The molecule has 0 radical (unpaired) electrons. The van der Waals surface area contributed by atoms with E-state index in [1.165, 1.54) is 18.2 Å². The van der Waals surface area contributed by atoms with Crippen molar-refractivity contribution in [3.8, 4) is 11.5 Å². The molecule has 0 fully saturated rings. The molecule has 0 heterocycles. The van der Waals surface area contributed by atoms with E-state index in [1.807, 2.05) is 0 Å². The maximum atomic E-state index is 12.0. The fourth-order valence-electron chi connectivity index (χ4n) is 1.70. The molecule has 1 N–H and O–H groups in total. The minimum absolute atomic E-state index is 0.0732. The van der Waals surface area contributed by atoms with Crippen LogP contribution in [0.4, 0.5) is 0 Å². The van der Waals surface area contributed by atoms with E-state index in [1.54, 1.807) is 43.5 Å². The lowest BCUT2D eigenvalue weighted by Crippen LogP contribution is -1.94. The number of allylic oxidation sites excluding steroid dienone is 1. The van der Waals surface area contributed by atoms with Gasteiger partial charge in [0.25, 0.3) is 0 Å². The number of methoxy groups -OCH3 is 1. The Balaban J connectivity index is 2.22. The first kappa shape index (κ1) is 14.2. The Morgan fingerprint density at radius 2 is 2.05 bits per heavy atom. The van der Waals surface area contributed by atoms with Crippen LogP contribution in [0, 0.1) is 0 Å². The Hall–Kier alpha value is -2.26. The second-order valence-corrected chi connectivity index (χ2v) is 4.57. The topological polar surface area (TPSA) is 46.5 Å². The minimum atomic E-state index is -0.178. The number of carbonyl (C=O) groups is 1. The van der Waals surface area contributed by atoms with Crippen molar-refractivity contribution in [3.05, 3.63) is 64.7 Å². The number of hydrogen-bond donors (Lipinski definition) is 1. The van der Waals surface area contributed by atoms with Gasteiger partial charge < -0.3 is 9.84 Å². The van der Waals surface area contributed by atoms with Crippen molar-refractivity contribution in [2.24, 2.45) is 0 Å². The lowest BCUT2D eigenvalue weighted by Gasteiger charge is -2.02. The Morgan fingerprint density at radius 1 is 1.25 bits per heavy atom. The van der Waals surface area contributed by atoms with Gasteiger partial charge in [-0.1, -0.05) is 23.7 Å². The van der Waals surface area contributed by atoms with Crippen molar-refractivity contribution in [2.45, 2.75) is 0 Å². The quantitative estimate of drug-likeness (QED) is 0.684. The summed E-state index contributed by atoms with van der Waals surface area (Å²) in [5, 5.41) is 10.2. The molecule has 2 aromatic carbocycles. The minimum Gasteiger partial charge on any atom is -0.507 e. The van der Waals surface area contributed by atoms with Crippen LogP contribution in [0.2, 0.25) is 5.02 Å². The Labute approximate surface area is 122 Å². The zero-order valence-corrected chi connectivity index (χ0v) is 11.6. The van der Waals surface area contributed by atoms with E-state index in [9.17, 15) is 9.90 Å². The predicted molar refractivity (Wildman–Crippen MR) is 79.5 cm³/mol. The second-order valence-electron chi connectivity index (χ2n) is 4.13. The highest BCUT2D eigenvalue weighted by molar-refractivity contribution is 6.30. The van der Waals surface area contributed by atoms with Crippen LogP contribution in [0.15, 0.2) is 48.5 Å². The van der Waals surface area contributed by atoms with Gasteiger partial charge in [-0.05, 0) is 42.5 Å². The summed E-state index contributed by atoms with van der Waals surface area (Å²) < 4.78 is 5.07. The molecular formula is C16H13ClO3. The Morgan fingerprint density at radius 3 is 2.80 bits per heavy atom. The highest BCUT2D eigenvalue weighted by Gasteiger charge is 2.04. The van der Waals surface area contributed by atoms with Crippen LogP contribution in [0.5, 0.6) is 11.5 Å². The molecule has 0 unspecified atom stereocenters. The first-order chi connectivity index (χ1) is 9.60. The van der Waals surface area contributed by atoms with Crippen molar-refractivity contribution in [1.82, 2.24) is 0 Å². The maximum Gasteiger partial charge on any atom is 0.185 e. The summed E-state index contributed by atoms with van der Waals surface area (Å²) in [7, 11) is 1.55. The maximum absolute atomic E-state index is 12.0. The number of phenols is 1. The van der Waals surface area contributed by atoms with E-state index < -0.39 is 0 Å². The number of carbonyl (C=O) groups excluding carboxylic acids is 1. The van der Waals surface area contributed by atoms with E-state index in [0.29, 0.717) is 21.9 Å². The molecule has 0 aliphatic carbocycles. The molecule has 0 aliphatic rings. The van der Waals surface area contributed by atoms with Gasteiger partial charge in [-0.2, -0.15) is 0 Å². The highest BCUT2D eigenvalue weighted by Crippen LogP contribution is 2.23. The number of rotatable bonds is 4. The van der Waals surface area contributed by atoms with Crippen molar-refractivity contribution in [3.63, 3.8) is 0 Å². The van der Waals surface area contributed by atoms with E-state index in [-0.39, 0.29) is 11.5 Å². The number of benzene rings is 2. The number of halogens is 1.